The molecule has 3 heterocycles. The molecule has 9 nitrogen and oxygen atoms in total. The Kier molecular flexibility index (Phi) is 8.12. The van der Waals surface area contributed by atoms with Crippen LogP contribution in [0.2, 0.25) is 5.02 Å². The highest BCUT2D eigenvalue weighted by Crippen LogP contribution is 2.33. The van der Waals surface area contributed by atoms with E-state index in [1.807, 2.05) is 29.7 Å². The smallest absolute Gasteiger partial charge is 0.475 e. The summed E-state index contributed by atoms with van der Waals surface area (Å²) < 4.78 is 33.6. The summed E-state index contributed by atoms with van der Waals surface area (Å²) in [7, 11) is 0. The van der Waals surface area contributed by atoms with E-state index < -0.39 is 12.1 Å². The van der Waals surface area contributed by atoms with Crippen LogP contribution < -0.4 is 21.5 Å². The Balaban J connectivity index is 0.000000426. The lowest BCUT2D eigenvalue weighted by Gasteiger charge is -2.20. The van der Waals surface area contributed by atoms with Gasteiger partial charge in [-0.1, -0.05) is 24.4 Å². The van der Waals surface area contributed by atoms with Crippen molar-refractivity contribution in [3.05, 3.63) is 51.4 Å². The number of carbonyl (C=O) groups is 1. The van der Waals surface area contributed by atoms with Crippen LogP contribution in [-0.2, 0) is 4.79 Å². The quantitative estimate of drug-likeness (QED) is 0.422. The van der Waals surface area contributed by atoms with E-state index in [0.29, 0.717) is 16.6 Å². The van der Waals surface area contributed by atoms with Gasteiger partial charge in [-0.15, -0.1) is 0 Å². The minimum absolute atomic E-state index is 0.0118. The van der Waals surface area contributed by atoms with Crippen molar-refractivity contribution >= 4 is 45.9 Å². The molecule has 1 atom stereocenters. The third-order valence-electron chi connectivity index (χ3n) is 6.70. The summed E-state index contributed by atoms with van der Waals surface area (Å²) in [4.78, 5) is 33.1. The Labute approximate surface area is 221 Å². The Bertz CT molecular complexity index is 1390. The highest BCUT2D eigenvalue weighted by molar-refractivity contribution is 6.33. The normalized spacial score (nSPS) is 17.9. The van der Waals surface area contributed by atoms with Crippen LogP contribution in [0.5, 0.6) is 0 Å². The summed E-state index contributed by atoms with van der Waals surface area (Å²) in [6.07, 6.45) is 2.02. The van der Waals surface area contributed by atoms with Crippen molar-refractivity contribution in [2.24, 2.45) is 5.73 Å². The number of alkyl halides is 3. The molecule has 4 N–H and O–H groups in total. The van der Waals surface area contributed by atoms with Crippen LogP contribution >= 0.6 is 11.6 Å². The number of nitrogens with two attached hydrogens (primary N) is 1. The van der Waals surface area contributed by atoms with E-state index in [1.54, 1.807) is 12.3 Å². The van der Waals surface area contributed by atoms with Crippen molar-refractivity contribution in [2.75, 3.05) is 23.3 Å². The molecule has 3 aromatic rings. The molecule has 38 heavy (non-hydrogen) atoms. The number of hydrogen-bond acceptors (Lipinski definition) is 7. The van der Waals surface area contributed by atoms with Crippen LogP contribution in [0.1, 0.15) is 43.7 Å². The minimum Gasteiger partial charge on any atom is -0.475 e. The van der Waals surface area contributed by atoms with Gasteiger partial charge in [0.25, 0.3) is 5.56 Å². The Morgan fingerprint density at radius 2 is 1.89 bits per heavy atom. The van der Waals surface area contributed by atoms with E-state index in [9.17, 15) is 18.0 Å². The molecule has 0 spiro atoms. The van der Waals surface area contributed by atoms with E-state index in [1.165, 1.54) is 0 Å². The van der Waals surface area contributed by atoms with Gasteiger partial charge < -0.3 is 21.1 Å². The molecule has 2 aliphatic rings. The number of fused-ring (bicyclic) bond motifs is 1. The van der Waals surface area contributed by atoms with Crippen LogP contribution in [0.15, 0.2) is 35.3 Å². The summed E-state index contributed by atoms with van der Waals surface area (Å²) in [6, 6.07) is 7.95. The zero-order chi connectivity index (χ0) is 27.6. The summed E-state index contributed by atoms with van der Waals surface area (Å²) in [5.74, 6) is -2.30. The number of benzene rings is 1. The van der Waals surface area contributed by atoms with Crippen LogP contribution in [0.3, 0.4) is 0 Å². The fraction of sp³-hybridized carbons (Fsp3) is 0.440. The molecule has 0 bridgehead atoms. The van der Waals surface area contributed by atoms with Gasteiger partial charge in [0.15, 0.2) is 0 Å². The maximum Gasteiger partial charge on any atom is 0.490 e. The van der Waals surface area contributed by atoms with Gasteiger partial charge in [0.05, 0.1) is 10.7 Å². The Morgan fingerprint density at radius 3 is 2.47 bits per heavy atom. The molecular weight excluding hydrogens is 525 g/mol. The zero-order valence-corrected chi connectivity index (χ0v) is 21.4. The average molecular weight is 553 g/mol. The number of halogens is 4. The number of nitrogens with one attached hydrogen (secondary N) is 1. The first-order chi connectivity index (χ1) is 17.9. The second-order valence-electron chi connectivity index (χ2n) is 9.49. The molecule has 1 aliphatic carbocycles. The van der Waals surface area contributed by atoms with Crippen LogP contribution in [0.4, 0.5) is 30.5 Å². The number of hydrogen-bond donors (Lipinski definition) is 3. The van der Waals surface area contributed by atoms with Gasteiger partial charge in [0, 0.05) is 48.5 Å². The topological polar surface area (TPSA) is 126 Å². The largest absolute Gasteiger partial charge is 0.490 e. The molecule has 5 rings (SSSR count). The number of aromatic nitrogens is 3. The maximum atomic E-state index is 12.8. The number of aryl methyl sites for hydroxylation is 1. The van der Waals surface area contributed by atoms with E-state index in [2.05, 4.69) is 15.2 Å². The van der Waals surface area contributed by atoms with Crippen LogP contribution in [-0.4, -0.2) is 50.9 Å². The number of rotatable bonds is 4. The molecule has 204 valence electrons. The standard InChI is InChI=1S/C23H27ClN6O.C2HF3O2/c1-14-10-21(31)30(17-4-2-3-5-17)22-18(14)12-26-23(28-22)27-16-6-7-20(19(24)11-16)29-9-8-15(25)13-29;3-2(4,5)1(6)7/h6-7,10-12,15,17H,2-5,8-9,13,25H2,1H3,(H,26,27,28);(H,6,7). The maximum absolute atomic E-state index is 12.8. The summed E-state index contributed by atoms with van der Waals surface area (Å²) >= 11 is 6.56. The zero-order valence-electron chi connectivity index (χ0n) is 20.6. The van der Waals surface area contributed by atoms with E-state index in [4.69, 9.17) is 32.2 Å². The second-order valence-corrected chi connectivity index (χ2v) is 9.90. The summed E-state index contributed by atoms with van der Waals surface area (Å²) in [6.45, 7) is 3.67. The molecule has 1 saturated heterocycles. The highest BCUT2D eigenvalue weighted by atomic mass is 35.5. The minimum atomic E-state index is -5.08. The Hall–Kier alpha value is -3.38. The number of carboxylic acids is 1. The first-order valence-corrected chi connectivity index (χ1v) is 12.6. The molecule has 0 radical (unpaired) electrons. The fourth-order valence-electron chi connectivity index (χ4n) is 4.82. The summed E-state index contributed by atoms with van der Waals surface area (Å²) in [5, 5.41) is 12.0. The SMILES string of the molecule is Cc1cc(=O)n(C2CCCC2)c2nc(Nc3ccc(N4CCC(N)C4)c(Cl)c3)ncc12.O=C(O)C(F)(F)F. The van der Waals surface area contributed by atoms with Crippen molar-refractivity contribution in [3.8, 4) is 0 Å². The van der Waals surface area contributed by atoms with Gasteiger partial charge in [-0.2, -0.15) is 18.2 Å². The van der Waals surface area contributed by atoms with Gasteiger partial charge in [-0.25, -0.2) is 9.78 Å². The lowest BCUT2D eigenvalue weighted by molar-refractivity contribution is -0.192. The van der Waals surface area contributed by atoms with Gasteiger partial charge in [0.2, 0.25) is 5.95 Å². The number of carboxylic acid groups (broad SMARTS) is 1. The number of anilines is 3. The third kappa shape index (κ3) is 6.18. The van der Waals surface area contributed by atoms with Gasteiger partial charge >= 0.3 is 12.1 Å². The van der Waals surface area contributed by atoms with Gasteiger partial charge in [-0.3, -0.25) is 9.36 Å². The first kappa shape index (κ1) is 27.6. The monoisotopic (exact) mass is 552 g/mol. The van der Waals surface area contributed by atoms with Crippen LogP contribution in [0, 0.1) is 6.92 Å². The molecule has 1 aromatic carbocycles. The molecule has 2 fully saturated rings. The van der Waals surface area contributed by atoms with E-state index in [-0.39, 0.29) is 17.6 Å². The number of aliphatic carboxylic acids is 1. The van der Waals surface area contributed by atoms with Crippen molar-refractivity contribution < 1.29 is 23.1 Å². The van der Waals surface area contributed by atoms with E-state index >= 15 is 0 Å². The van der Waals surface area contributed by atoms with Crippen molar-refractivity contribution in [2.45, 2.75) is 57.3 Å². The van der Waals surface area contributed by atoms with Crippen molar-refractivity contribution in [3.63, 3.8) is 0 Å². The first-order valence-electron chi connectivity index (χ1n) is 12.2. The second kappa shape index (κ2) is 11.2. The summed E-state index contributed by atoms with van der Waals surface area (Å²) in [5.41, 5.74) is 9.44. The lowest BCUT2D eigenvalue weighted by Crippen LogP contribution is -2.26. The lowest BCUT2D eigenvalue weighted by atomic mass is 10.1. The average Bonchev–Trinajstić information content (AvgIpc) is 3.51. The molecule has 2 aromatic heterocycles. The molecule has 1 aliphatic heterocycles. The predicted molar refractivity (Wildman–Crippen MR) is 139 cm³/mol. The predicted octanol–water partition coefficient (Wildman–Crippen LogP) is 4.78. The van der Waals surface area contributed by atoms with Gasteiger partial charge in [-0.05, 0) is 49.9 Å². The van der Waals surface area contributed by atoms with E-state index in [0.717, 1.165) is 67.5 Å². The molecule has 1 saturated carbocycles. The van der Waals surface area contributed by atoms with Gasteiger partial charge in [0.1, 0.15) is 5.65 Å². The number of nitrogens with zero attached hydrogens (tertiary/aromatic N) is 4. The number of pyridine rings is 1. The molecule has 13 heteroatoms. The van der Waals surface area contributed by atoms with Crippen molar-refractivity contribution in [1.29, 1.82) is 0 Å². The molecule has 1 unspecified atom stereocenters. The molecule has 0 amide bonds. The highest BCUT2D eigenvalue weighted by Gasteiger charge is 2.38. The van der Waals surface area contributed by atoms with Crippen LogP contribution in [0.25, 0.3) is 11.0 Å². The third-order valence-corrected chi connectivity index (χ3v) is 7.00. The van der Waals surface area contributed by atoms with Crippen molar-refractivity contribution in [1.82, 2.24) is 14.5 Å². The fourth-order valence-corrected chi connectivity index (χ4v) is 5.12. The molecular formula is C25H28ClF3N6O3. The Morgan fingerprint density at radius 1 is 1.21 bits per heavy atom.